The van der Waals surface area contributed by atoms with Crippen LogP contribution >= 0.6 is 0 Å². The van der Waals surface area contributed by atoms with Crippen molar-refractivity contribution < 1.29 is 0 Å². The van der Waals surface area contributed by atoms with Crippen molar-refractivity contribution in [2.75, 3.05) is 14.6 Å². The van der Waals surface area contributed by atoms with Crippen LogP contribution in [0.15, 0.2) is 224 Å². The zero-order valence-electron chi connectivity index (χ0n) is 32.2. The van der Waals surface area contributed by atoms with E-state index in [1.54, 1.807) is 0 Å². The highest BCUT2D eigenvalue weighted by atomic mass is 15.2. The van der Waals surface area contributed by atoms with Gasteiger partial charge in [-0.1, -0.05) is 133 Å². The summed E-state index contributed by atoms with van der Waals surface area (Å²) in [6.45, 7) is -0.0940. The molecule has 276 valence electrons. The maximum absolute atomic E-state index is 2.60. The topological polar surface area (TPSA) is 14.7 Å². The lowest BCUT2D eigenvalue weighted by Crippen LogP contribution is -2.60. The molecule has 12 rings (SSSR count). The second-order valence-corrected chi connectivity index (χ2v) is 15.3. The first-order valence-corrected chi connectivity index (χ1v) is 20.3. The maximum Gasteiger partial charge on any atom is 0.333 e. The summed E-state index contributed by atoms with van der Waals surface area (Å²) in [5.74, 6) is 0. The molecule has 0 atom stereocenters. The smallest absolute Gasteiger partial charge is 0.333 e. The average Bonchev–Trinajstić information content (AvgIpc) is 3.65. The van der Waals surface area contributed by atoms with Gasteiger partial charge in [0, 0.05) is 67.5 Å². The molecule has 10 aromatic rings. The molecule has 0 saturated heterocycles. The number of anilines is 8. The molecule has 0 amide bonds. The zero-order chi connectivity index (χ0) is 38.9. The summed E-state index contributed by atoms with van der Waals surface area (Å²) in [5, 5.41) is 2.53. The van der Waals surface area contributed by atoms with E-state index in [9.17, 15) is 0 Å². The van der Waals surface area contributed by atoms with Crippen molar-refractivity contribution >= 4 is 85.1 Å². The highest BCUT2D eigenvalue weighted by Gasteiger charge is 2.44. The van der Waals surface area contributed by atoms with E-state index in [0.717, 1.165) is 39.8 Å². The monoisotopic (exact) mass is 752 g/mol. The quantitative estimate of drug-likeness (QED) is 0.151. The fourth-order valence-electron chi connectivity index (χ4n) is 9.69. The van der Waals surface area contributed by atoms with E-state index in [4.69, 9.17) is 0 Å². The lowest BCUT2D eigenvalue weighted by Gasteiger charge is -2.43. The third-order valence-corrected chi connectivity index (χ3v) is 12.1. The fourth-order valence-corrected chi connectivity index (χ4v) is 9.69. The Morgan fingerprint density at radius 1 is 0.356 bits per heavy atom. The van der Waals surface area contributed by atoms with Gasteiger partial charge in [-0.2, -0.15) is 0 Å². The number of para-hydroxylation sites is 7. The highest BCUT2D eigenvalue weighted by Crippen LogP contribution is 2.49. The van der Waals surface area contributed by atoms with Gasteiger partial charge in [0.25, 0.3) is 0 Å². The minimum Gasteiger partial charge on any atom is -0.376 e. The molecule has 0 saturated carbocycles. The van der Waals surface area contributed by atoms with Gasteiger partial charge in [-0.05, 0) is 107 Å². The number of rotatable bonds is 7. The lowest BCUT2D eigenvalue weighted by atomic mass is 9.44. The molecular formula is C54H37BN4. The summed E-state index contributed by atoms with van der Waals surface area (Å²) < 4.78 is 2.54. The third-order valence-electron chi connectivity index (χ3n) is 12.1. The Balaban J connectivity index is 1.20. The van der Waals surface area contributed by atoms with Gasteiger partial charge in [-0.25, -0.2) is 0 Å². The van der Waals surface area contributed by atoms with E-state index in [0.29, 0.717) is 0 Å². The van der Waals surface area contributed by atoms with E-state index in [-0.39, 0.29) is 6.85 Å². The zero-order valence-corrected chi connectivity index (χ0v) is 32.2. The van der Waals surface area contributed by atoms with Crippen molar-refractivity contribution in [2.45, 2.75) is 0 Å². The van der Waals surface area contributed by atoms with Crippen LogP contribution in [0.25, 0.3) is 38.6 Å². The van der Waals surface area contributed by atoms with Gasteiger partial charge in [0.15, 0.2) is 0 Å². The molecule has 0 fully saturated rings. The first-order chi connectivity index (χ1) is 29.3. The molecule has 2 aliphatic heterocycles. The number of fused-ring (bicyclic) bond motifs is 7. The van der Waals surface area contributed by atoms with Crippen molar-refractivity contribution in [3.8, 4) is 16.8 Å². The van der Waals surface area contributed by atoms with Gasteiger partial charge in [0.1, 0.15) is 0 Å². The lowest BCUT2D eigenvalue weighted by molar-refractivity contribution is 1.17. The Hall–Kier alpha value is -7.76. The van der Waals surface area contributed by atoms with E-state index in [2.05, 4.69) is 244 Å². The van der Waals surface area contributed by atoms with Crippen molar-refractivity contribution in [3.63, 3.8) is 0 Å². The van der Waals surface area contributed by atoms with Crippen LogP contribution in [-0.4, -0.2) is 11.4 Å². The van der Waals surface area contributed by atoms with Crippen LogP contribution in [-0.2, 0) is 0 Å². The summed E-state index contributed by atoms with van der Waals surface area (Å²) >= 11 is 0. The molecule has 3 heterocycles. The van der Waals surface area contributed by atoms with Crippen LogP contribution in [0, 0.1) is 0 Å². The number of hydrogen-bond donors (Lipinski definition) is 0. The second-order valence-electron chi connectivity index (χ2n) is 15.3. The predicted octanol–water partition coefficient (Wildman–Crippen LogP) is 13.0. The number of hydrogen-bond acceptors (Lipinski definition) is 3. The average molecular weight is 753 g/mol. The summed E-state index contributed by atoms with van der Waals surface area (Å²) in [4.78, 5) is 7.37. The minimum atomic E-state index is -0.0940. The summed E-state index contributed by atoms with van der Waals surface area (Å²) in [6.07, 6.45) is 0. The molecule has 0 bridgehead atoms. The Bertz CT molecular complexity index is 3090. The van der Waals surface area contributed by atoms with Gasteiger partial charge in [0.2, 0.25) is 0 Å². The molecule has 2 aliphatic rings. The van der Waals surface area contributed by atoms with E-state index in [1.165, 1.54) is 55.2 Å². The molecule has 4 nitrogen and oxygen atoms in total. The van der Waals surface area contributed by atoms with Gasteiger partial charge in [0.05, 0.1) is 11.0 Å². The van der Waals surface area contributed by atoms with Crippen LogP contribution in [0.2, 0.25) is 0 Å². The molecular weight excluding hydrogens is 715 g/mol. The molecule has 59 heavy (non-hydrogen) atoms. The predicted molar refractivity (Wildman–Crippen MR) is 249 cm³/mol. The van der Waals surface area contributed by atoms with Crippen LogP contribution in [0.4, 0.5) is 45.5 Å². The van der Waals surface area contributed by atoms with Gasteiger partial charge < -0.3 is 19.2 Å². The number of benzene rings is 9. The van der Waals surface area contributed by atoms with Crippen LogP contribution in [0.3, 0.4) is 0 Å². The molecule has 0 spiro atoms. The van der Waals surface area contributed by atoms with Crippen LogP contribution in [0.5, 0.6) is 0 Å². The Kier molecular flexibility index (Phi) is 7.60. The summed E-state index contributed by atoms with van der Waals surface area (Å²) in [5.41, 5.74) is 17.7. The first-order valence-electron chi connectivity index (χ1n) is 20.3. The summed E-state index contributed by atoms with van der Waals surface area (Å²) in [7, 11) is 0. The Morgan fingerprint density at radius 2 is 0.864 bits per heavy atom. The largest absolute Gasteiger partial charge is 0.376 e. The standard InChI is InChI=1S/C54H37BN4/c1-6-19-38(20-7-1)56(39-21-8-2-9-22-39)43-33-34-46-48-35-44(57(40-23-10-3-11-24-40)41-25-12-4-13-26-41)37-52-53(48)55(59(51(46)36-43)42-27-14-5-15-28-42)49-31-18-30-47-45-29-16-17-32-50(45)58(52)54(47)49/h1-37H. The summed E-state index contributed by atoms with van der Waals surface area (Å²) in [6, 6.07) is 81.6. The molecule has 1 aromatic heterocycles. The molecule has 0 N–H and O–H groups in total. The van der Waals surface area contributed by atoms with Crippen molar-refractivity contribution in [3.05, 3.63) is 224 Å². The molecule has 0 unspecified atom stereocenters. The van der Waals surface area contributed by atoms with Crippen LogP contribution in [0.1, 0.15) is 0 Å². The van der Waals surface area contributed by atoms with E-state index < -0.39 is 0 Å². The van der Waals surface area contributed by atoms with E-state index in [1.807, 2.05) is 0 Å². The van der Waals surface area contributed by atoms with Crippen molar-refractivity contribution in [1.82, 2.24) is 4.57 Å². The fraction of sp³-hybridized carbons (Fsp3) is 0. The minimum absolute atomic E-state index is 0.0940. The first kappa shape index (κ1) is 33.4. The Morgan fingerprint density at radius 3 is 1.47 bits per heavy atom. The number of nitrogens with zero attached hydrogens (tertiary/aromatic N) is 4. The molecule has 0 radical (unpaired) electrons. The highest BCUT2D eigenvalue weighted by molar-refractivity contribution is 6.93. The molecule has 9 aromatic carbocycles. The molecule has 0 aliphatic carbocycles. The Labute approximate surface area is 344 Å². The van der Waals surface area contributed by atoms with Crippen molar-refractivity contribution in [1.29, 1.82) is 0 Å². The van der Waals surface area contributed by atoms with Crippen LogP contribution < -0.4 is 25.5 Å². The normalized spacial score (nSPS) is 12.3. The third kappa shape index (κ3) is 5.18. The van der Waals surface area contributed by atoms with E-state index >= 15 is 0 Å². The second kappa shape index (κ2) is 13.4. The van der Waals surface area contributed by atoms with Crippen molar-refractivity contribution in [2.24, 2.45) is 0 Å². The van der Waals surface area contributed by atoms with Gasteiger partial charge >= 0.3 is 6.85 Å². The maximum atomic E-state index is 2.60. The van der Waals surface area contributed by atoms with Gasteiger partial charge in [-0.3, -0.25) is 0 Å². The SMILES string of the molecule is c1ccc(N2B3c4c(cc(N(c5ccccc5)c5ccccc5)cc4-n4c5ccccc5c5cccc3c54)-c3ccc(N(c4ccccc4)c4ccccc4)cc32)cc1. The molecule has 5 heteroatoms. The number of aromatic nitrogens is 1. The van der Waals surface area contributed by atoms with Gasteiger partial charge in [-0.15, -0.1) is 0 Å².